The van der Waals surface area contributed by atoms with Crippen molar-refractivity contribution in [2.24, 2.45) is 5.73 Å². The molecule has 2 N–H and O–H groups in total. The second kappa shape index (κ2) is 6.98. The third kappa shape index (κ3) is 4.48. The Morgan fingerprint density at radius 1 is 1.33 bits per heavy atom. The first kappa shape index (κ1) is 15.3. The molecule has 0 saturated carbocycles. The zero-order valence-corrected chi connectivity index (χ0v) is 12.4. The molecule has 3 nitrogen and oxygen atoms in total. The molecule has 0 heterocycles. The Morgan fingerprint density at radius 3 is 2.50 bits per heavy atom. The summed E-state index contributed by atoms with van der Waals surface area (Å²) in [5.74, 6) is 0. The lowest BCUT2D eigenvalue weighted by molar-refractivity contribution is 0.0846. The molecule has 0 spiro atoms. The summed E-state index contributed by atoms with van der Waals surface area (Å²) in [7, 11) is 2.01. The van der Waals surface area contributed by atoms with Gasteiger partial charge < -0.3 is 15.4 Å². The van der Waals surface area contributed by atoms with Gasteiger partial charge in [-0.15, -0.1) is 0 Å². The summed E-state index contributed by atoms with van der Waals surface area (Å²) in [5, 5.41) is 0.733. The number of rotatable bonds is 6. The Bertz CT molecular complexity index is 380. The van der Waals surface area contributed by atoms with Crippen molar-refractivity contribution >= 4 is 17.3 Å². The van der Waals surface area contributed by atoms with Crippen molar-refractivity contribution in [1.82, 2.24) is 0 Å². The van der Waals surface area contributed by atoms with Crippen LogP contribution < -0.4 is 10.6 Å². The number of nitrogens with zero attached hydrogens (tertiary/aromatic N) is 1. The number of nitrogens with two attached hydrogens (primary N) is 1. The number of halogens is 1. The van der Waals surface area contributed by atoms with Crippen LogP contribution in [0.25, 0.3) is 0 Å². The van der Waals surface area contributed by atoms with Crippen LogP contribution in [0.4, 0.5) is 5.69 Å². The van der Waals surface area contributed by atoms with E-state index in [0.29, 0.717) is 6.61 Å². The molecule has 0 saturated heterocycles. The summed E-state index contributed by atoms with van der Waals surface area (Å²) in [6.07, 6.45) is 0.259. The third-order valence-electron chi connectivity index (χ3n) is 2.79. The molecule has 1 atom stereocenters. The van der Waals surface area contributed by atoms with E-state index in [1.165, 1.54) is 0 Å². The number of likely N-dealkylation sites (N-methyl/N-ethyl adjacent to an activating group) is 1. The average Bonchev–Trinajstić information content (AvgIpc) is 2.27. The lowest BCUT2D eigenvalue weighted by Crippen LogP contribution is -2.24. The summed E-state index contributed by atoms with van der Waals surface area (Å²) in [5.41, 5.74) is 7.89. The first-order valence-electron chi connectivity index (χ1n) is 6.29. The Balaban J connectivity index is 2.65. The number of hydrogen-bond acceptors (Lipinski definition) is 3. The molecule has 1 aromatic rings. The summed E-state index contributed by atoms with van der Waals surface area (Å²) >= 11 is 6.27. The summed E-state index contributed by atoms with van der Waals surface area (Å²) < 4.78 is 5.53. The van der Waals surface area contributed by atoms with Gasteiger partial charge in [-0.05, 0) is 38.5 Å². The van der Waals surface area contributed by atoms with Crippen LogP contribution in [0.15, 0.2) is 18.2 Å². The van der Waals surface area contributed by atoms with E-state index in [0.717, 1.165) is 22.8 Å². The van der Waals surface area contributed by atoms with Crippen LogP contribution >= 0.6 is 11.6 Å². The van der Waals surface area contributed by atoms with Gasteiger partial charge in [-0.25, -0.2) is 0 Å². The van der Waals surface area contributed by atoms with E-state index < -0.39 is 0 Å². The third-order valence-corrected chi connectivity index (χ3v) is 3.09. The molecule has 0 unspecified atom stereocenters. The second-order valence-electron chi connectivity index (χ2n) is 4.84. The van der Waals surface area contributed by atoms with Gasteiger partial charge in [-0.3, -0.25) is 0 Å². The molecule has 1 aromatic carbocycles. The number of ether oxygens (including phenoxy) is 1. The van der Waals surface area contributed by atoms with Crippen LogP contribution in [0.3, 0.4) is 0 Å². The maximum Gasteiger partial charge on any atom is 0.0644 e. The minimum atomic E-state index is 0.00568. The van der Waals surface area contributed by atoms with Crippen molar-refractivity contribution in [3.8, 4) is 0 Å². The van der Waals surface area contributed by atoms with Crippen molar-refractivity contribution in [2.45, 2.75) is 32.9 Å². The highest BCUT2D eigenvalue weighted by Crippen LogP contribution is 2.27. The highest BCUT2D eigenvalue weighted by Gasteiger charge is 2.08. The van der Waals surface area contributed by atoms with Gasteiger partial charge in [-0.1, -0.05) is 17.7 Å². The van der Waals surface area contributed by atoms with E-state index in [1.54, 1.807) is 0 Å². The van der Waals surface area contributed by atoms with Crippen LogP contribution in [0, 0.1) is 0 Å². The molecule has 0 aliphatic heterocycles. The van der Waals surface area contributed by atoms with Crippen LogP contribution in [0.5, 0.6) is 0 Å². The molecule has 0 bridgehead atoms. The number of anilines is 1. The zero-order chi connectivity index (χ0) is 13.7. The van der Waals surface area contributed by atoms with Gasteiger partial charge in [0.05, 0.1) is 23.4 Å². The standard InChI is InChI=1S/C14H23ClN2O/c1-10(2)18-8-7-17(4)14-6-5-12(11(3)16)9-13(14)15/h5-6,9-11H,7-8,16H2,1-4H3/t11-/m1/s1. The molecule has 0 aliphatic carbocycles. The van der Waals surface area contributed by atoms with Gasteiger partial charge >= 0.3 is 0 Å². The summed E-state index contributed by atoms with van der Waals surface area (Å²) in [4.78, 5) is 2.09. The second-order valence-corrected chi connectivity index (χ2v) is 5.25. The first-order chi connectivity index (χ1) is 8.41. The van der Waals surface area contributed by atoms with Crippen molar-refractivity contribution in [3.63, 3.8) is 0 Å². The van der Waals surface area contributed by atoms with Crippen molar-refractivity contribution < 1.29 is 4.74 Å². The largest absolute Gasteiger partial charge is 0.377 e. The van der Waals surface area contributed by atoms with Crippen LogP contribution in [0.1, 0.15) is 32.4 Å². The van der Waals surface area contributed by atoms with E-state index >= 15 is 0 Å². The van der Waals surface area contributed by atoms with Gasteiger partial charge in [-0.2, -0.15) is 0 Å². The predicted molar refractivity (Wildman–Crippen MR) is 78.4 cm³/mol. The molecule has 4 heteroatoms. The molecule has 0 aliphatic rings. The molecular formula is C14H23ClN2O. The summed E-state index contributed by atoms with van der Waals surface area (Å²) in [6.45, 7) is 7.52. The lowest BCUT2D eigenvalue weighted by atomic mass is 10.1. The van der Waals surface area contributed by atoms with Crippen LogP contribution in [-0.2, 0) is 4.74 Å². The molecule has 0 radical (unpaired) electrons. The molecule has 0 aromatic heterocycles. The van der Waals surface area contributed by atoms with E-state index in [1.807, 2.05) is 46.0 Å². The first-order valence-corrected chi connectivity index (χ1v) is 6.67. The minimum Gasteiger partial charge on any atom is -0.377 e. The van der Waals surface area contributed by atoms with E-state index in [4.69, 9.17) is 22.1 Å². The lowest BCUT2D eigenvalue weighted by Gasteiger charge is -2.22. The normalized spacial score (nSPS) is 12.8. The van der Waals surface area contributed by atoms with Crippen LogP contribution in [-0.4, -0.2) is 26.3 Å². The fourth-order valence-corrected chi connectivity index (χ4v) is 1.99. The average molecular weight is 271 g/mol. The Hall–Kier alpha value is -0.770. The van der Waals surface area contributed by atoms with Crippen LogP contribution in [0.2, 0.25) is 5.02 Å². The van der Waals surface area contributed by atoms with E-state index in [9.17, 15) is 0 Å². The molecule has 102 valence electrons. The Morgan fingerprint density at radius 2 is 2.00 bits per heavy atom. The van der Waals surface area contributed by atoms with E-state index in [-0.39, 0.29) is 12.1 Å². The van der Waals surface area contributed by atoms with Gasteiger partial charge in [0.1, 0.15) is 0 Å². The van der Waals surface area contributed by atoms with Gasteiger partial charge in [0.15, 0.2) is 0 Å². The smallest absolute Gasteiger partial charge is 0.0644 e. The van der Waals surface area contributed by atoms with Gasteiger partial charge in [0.2, 0.25) is 0 Å². The van der Waals surface area contributed by atoms with Gasteiger partial charge in [0.25, 0.3) is 0 Å². The fraction of sp³-hybridized carbons (Fsp3) is 0.571. The highest BCUT2D eigenvalue weighted by molar-refractivity contribution is 6.33. The molecule has 0 amide bonds. The zero-order valence-electron chi connectivity index (χ0n) is 11.6. The number of hydrogen-bond donors (Lipinski definition) is 1. The monoisotopic (exact) mass is 270 g/mol. The highest BCUT2D eigenvalue weighted by atomic mass is 35.5. The van der Waals surface area contributed by atoms with Crippen molar-refractivity contribution in [3.05, 3.63) is 28.8 Å². The van der Waals surface area contributed by atoms with Crippen molar-refractivity contribution in [2.75, 3.05) is 25.1 Å². The van der Waals surface area contributed by atoms with Crippen molar-refractivity contribution in [1.29, 1.82) is 0 Å². The maximum atomic E-state index is 6.27. The van der Waals surface area contributed by atoms with Gasteiger partial charge in [0, 0.05) is 19.6 Å². The molecule has 18 heavy (non-hydrogen) atoms. The van der Waals surface area contributed by atoms with E-state index in [2.05, 4.69) is 4.90 Å². The SMILES string of the molecule is CC(C)OCCN(C)c1ccc([C@@H](C)N)cc1Cl. The minimum absolute atomic E-state index is 0.00568. The Kier molecular flexibility index (Phi) is 5.93. The molecular weight excluding hydrogens is 248 g/mol. The maximum absolute atomic E-state index is 6.27. The number of benzene rings is 1. The quantitative estimate of drug-likeness (QED) is 0.863. The summed E-state index contributed by atoms with van der Waals surface area (Å²) in [6, 6.07) is 5.97. The molecule has 0 fully saturated rings. The topological polar surface area (TPSA) is 38.5 Å². The Labute approximate surface area is 115 Å². The predicted octanol–water partition coefficient (Wildman–Crippen LogP) is 3.22. The fourth-order valence-electron chi connectivity index (χ4n) is 1.66. The molecule has 1 rings (SSSR count).